The summed E-state index contributed by atoms with van der Waals surface area (Å²) in [7, 11) is -3.08. The molecule has 94 valence electrons. The summed E-state index contributed by atoms with van der Waals surface area (Å²) in [6, 6.07) is 0. The predicted molar refractivity (Wildman–Crippen MR) is 58.3 cm³/mol. The monoisotopic (exact) mass is 252 g/mol. The van der Waals surface area contributed by atoms with E-state index < -0.39 is 20.2 Å². The van der Waals surface area contributed by atoms with Crippen LogP contribution in [0.25, 0.3) is 0 Å². The second-order valence-corrected chi connectivity index (χ2v) is 3.67. The van der Waals surface area contributed by atoms with Gasteiger partial charge in [-0.15, -0.1) is 0 Å². The molecule has 0 heterocycles. The molecule has 0 spiro atoms. The second kappa shape index (κ2) is 9.33. The Hall–Kier alpha value is -0.910. The number of nitrogens with one attached hydrogen (secondary N) is 2. The molecule has 0 unspecified atom stereocenters. The van der Waals surface area contributed by atoms with Gasteiger partial charge < -0.3 is 19.7 Å². The van der Waals surface area contributed by atoms with E-state index in [-0.39, 0.29) is 13.1 Å². The van der Waals surface area contributed by atoms with Crippen molar-refractivity contribution in [3.63, 3.8) is 0 Å². The number of rotatable bonds is 8. The van der Waals surface area contributed by atoms with Gasteiger partial charge in [0.2, 0.25) is 0 Å². The van der Waals surface area contributed by atoms with Crippen molar-refractivity contribution in [3.8, 4) is 0 Å². The number of hydrogen-bond acceptors (Lipinski definition) is 7. The summed E-state index contributed by atoms with van der Waals surface area (Å²) in [6.45, 7) is 4.70. The second-order valence-electron chi connectivity index (χ2n) is 2.76. The zero-order valence-electron chi connectivity index (χ0n) is 9.37. The summed E-state index contributed by atoms with van der Waals surface area (Å²) in [6.07, 6.45) is 0. The fourth-order valence-electron chi connectivity index (χ4n) is 0.733. The molecule has 16 heavy (non-hydrogen) atoms. The van der Waals surface area contributed by atoms with Crippen molar-refractivity contribution in [2.24, 2.45) is 0 Å². The first-order valence-corrected chi connectivity index (χ1v) is 6.19. The van der Waals surface area contributed by atoms with Crippen molar-refractivity contribution in [2.45, 2.75) is 13.8 Å². The number of carbonyl (C=O) groups is 2. The van der Waals surface area contributed by atoms with Crippen molar-refractivity contribution >= 4 is 20.2 Å². The zero-order chi connectivity index (χ0) is 12.4. The van der Waals surface area contributed by atoms with Gasteiger partial charge in [-0.2, -0.15) is 0 Å². The summed E-state index contributed by atoms with van der Waals surface area (Å²) >= 11 is 0. The van der Waals surface area contributed by atoms with Crippen LogP contribution in [0.5, 0.6) is 0 Å². The molecule has 0 amide bonds. The smallest absolute Gasteiger partial charge is 0.384 e. The SMILES string of the molecule is CCNCC(=O)O[PH](=O)OC(=O)CNCC. The molecule has 0 aliphatic heterocycles. The van der Waals surface area contributed by atoms with E-state index in [1.807, 2.05) is 13.8 Å². The summed E-state index contributed by atoms with van der Waals surface area (Å²) in [5, 5.41) is 5.38. The van der Waals surface area contributed by atoms with Gasteiger partial charge in [0.05, 0.1) is 13.1 Å². The van der Waals surface area contributed by atoms with Crippen LogP contribution >= 0.6 is 8.25 Å². The van der Waals surface area contributed by atoms with Gasteiger partial charge in [0.15, 0.2) is 0 Å². The van der Waals surface area contributed by atoms with Gasteiger partial charge in [-0.1, -0.05) is 13.8 Å². The molecule has 0 aliphatic rings. The van der Waals surface area contributed by atoms with Crippen molar-refractivity contribution in [2.75, 3.05) is 26.2 Å². The van der Waals surface area contributed by atoms with Crippen LogP contribution in [0.3, 0.4) is 0 Å². The Balaban J connectivity index is 3.72. The van der Waals surface area contributed by atoms with Crippen molar-refractivity contribution in [1.29, 1.82) is 0 Å². The lowest BCUT2D eigenvalue weighted by Crippen LogP contribution is -2.24. The quantitative estimate of drug-likeness (QED) is 0.572. The Morgan fingerprint density at radius 1 is 1.00 bits per heavy atom. The molecule has 0 aromatic carbocycles. The summed E-state index contributed by atoms with van der Waals surface area (Å²) in [5.74, 6) is -1.41. The largest absolute Gasteiger partial charge is 0.423 e. The molecule has 0 atom stereocenters. The molecule has 2 N–H and O–H groups in total. The Bertz CT molecular complexity index is 235. The minimum atomic E-state index is -3.08. The van der Waals surface area contributed by atoms with Gasteiger partial charge in [0, 0.05) is 0 Å². The molecule has 0 saturated carbocycles. The average molecular weight is 252 g/mol. The summed E-state index contributed by atoms with van der Waals surface area (Å²) in [5.41, 5.74) is 0. The maximum Gasteiger partial charge on any atom is 0.423 e. The fraction of sp³-hybridized carbons (Fsp3) is 0.750. The fourth-order valence-corrected chi connectivity index (χ4v) is 1.29. The Morgan fingerprint density at radius 3 is 1.69 bits per heavy atom. The minimum absolute atomic E-state index is 0.0579. The number of likely N-dealkylation sites (N-methyl/N-ethyl adjacent to an activating group) is 2. The highest BCUT2D eigenvalue weighted by atomic mass is 31.1. The number of hydrogen-bond donors (Lipinski definition) is 2. The van der Waals surface area contributed by atoms with Crippen LogP contribution in [0.4, 0.5) is 0 Å². The van der Waals surface area contributed by atoms with Gasteiger partial charge in [-0.25, -0.2) is 4.57 Å². The maximum atomic E-state index is 11.0. The van der Waals surface area contributed by atoms with Crippen molar-refractivity contribution < 1.29 is 23.2 Å². The van der Waals surface area contributed by atoms with Gasteiger partial charge in [0.1, 0.15) is 0 Å². The molecule has 0 fully saturated rings. The zero-order valence-corrected chi connectivity index (χ0v) is 10.4. The molecule has 0 bridgehead atoms. The standard InChI is InChI=1S/C8H17N2O5P/c1-3-9-5-7(11)14-16(13)15-8(12)6-10-4-2/h9-10,16H,3-6H2,1-2H3. The van der Waals surface area contributed by atoms with Crippen LogP contribution in [-0.2, 0) is 23.2 Å². The molecular weight excluding hydrogens is 235 g/mol. The summed E-state index contributed by atoms with van der Waals surface area (Å²) < 4.78 is 19.8. The minimum Gasteiger partial charge on any atom is -0.384 e. The molecule has 8 heteroatoms. The molecule has 0 rings (SSSR count). The summed E-state index contributed by atoms with van der Waals surface area (Å²) in [4.78, 5) is 21.9. The lowest BCUT2D eigenvalue weighted by molar-refractivity contribution is -0.136. The van der Waals surface area contributed by atoms with Crippen LogP contribution in [0.1, 0.15) is 13.8 Å². The third-order valence-corrected chi connectivity index (χ3v) is 2.22. The van der Waals surface area contributed by atoms with E-state index in [1.54, 1.807) is 0 Å². The third kappa shape index (κ3) is 8.40. The molecular formula is C8H17N2O5P. The van der Waals surface area contributed by atoms with E-state index in [0.29, 0.717) is 13.1 Å². The highest BCUT2D eigenvalue weighted by Crippen LogP contribution is 2.23. The lowest BCUT2D eigenvalue weighted by atomic mass is 10.6. The van der Waals surface area contributed by atoms with E-state index in [2.05, 4.69) is 19.7 Å². The maximum absolute atomic E-state index is 11.0. The van der Waals surface area contributed by atoms with E-state index >= 15 is 0 Å². The number of carbonyl (C=O) groups excluding carboxylic acids is 2. The van der Waals surface area contributed by atoms with Gasteiger partial charge in [-0.05, 0) is 13.1 Å². The third-order valence-electron chi connectivity index (χ3n) is 1.43. The van der Waals surface area contributed by atoms with E-state index in [9.17, 15) is 14.2 Å². The normalized spacial score (nSPS) is 10.2. The first-order chi connectivity index (χ1) is 7.60. The van der Waals surface area contributed by atoms with E-state index in [4.69, 9.17) is 0 Å². The Morgan fingerprint density at radius 2 is 1.38 bits per heavy atom. The van der Waals surface area contributed by atoms with Crippen LogP contribution in [-0.4, -0.2) is 38.1 Å². The van der Waals surface area contributed by atoms with Crippen LogP contribution in [0.15, 0.2) is 0 Å². The average Bonchev–Trinajstić information content (AvgIpc) is 2.23. The highest BCUT2D eigenvalue weighted by Gasteiger charge is 2.12. The first kappa shape index (κ1) is 15.1. The van der Waals surface area contributed by atoms with Crippen LogP contribution in [0, 0.1) is 0 Å². The van der Waals surface area contributed by atoms with E-state index in [0.717, 1.165) is 0 Å². The predicted octanol–water partition coefficient (Wildman–Crippen LogP) is -0.319. The highest BCUT2D eigenvalue weighted by molar-refractivity contribution is 7.34. The molecule has 0 saturated heterocycles. The van der Waals surface area contributed by atoms with Crippen molar-refractivity contribution in [1.82, 2.24) is 10.6 Å². The Kier molecular flexibility index (Phi) is 8.80. The van der Waals surface area contributed by atoms with E-state index in [1.165, 1.54) is 0 Å². The lowest BCUT2D eigenvalue weighted by Gasteiger charge is -2.06. The van der Waals surface area contributed by atoms with Gasteiger partial charge in [0.25, 0.3) is 0 Å². The topological polar surface area (TPSA) is 93.7 Å². The molecule has 0 radical (unpaired) electrons. The molecule has 0 aromatic rings. The van der Waals surface area contributed by atoms with Crippen LogP contribution < -0.4 is 10.6 Å². The van der Waals surface area contributed by atoms with Gasteiger partial charge >= 0.3 is 20.2 Å². The van der Waals surface area contributed by atoms with Crippen molar-refractivity contribution in [3.05, 3.63) is 0 Å². The molecule has 7 nitrogen and oxygen atoms in total. The molecule has 0 aromatic heterocycles. The van der Waals surface area contributed by atoms with Gasteiger partial charge in [-0.3, -0.25) is 9.59 Å². The Labute approximate surface area is 94.8 Å². The first-order valence-electron chi connectivity index (χ1n) is 4.96. The van der Waals surface area contributed by atoms with Crippen LogP contribution in [0.2, 0.25) is 0 Å². The molecule has 0 aliphatic carbocycles.